The van der Waals surface area contributed by atoms with Crippen molar-refractivity contribution >= 4 is 18.3 Å². The van der Waals surface area contributed by atoms with Crippen LogP contribution in [0, 0.1) is 0 Å². The highest BCUT2D eigenvalue weighted by Gasteiger charge is 2.21. The Morgan fingerprint density at radius 2 is 1.83 bits per heavy atom. The molecule has 1 atom stereocenters. The van der Waals surface area contributed by atoms with E-state index in [1.807, 2.05) is 71.4 Å². The molecule has 0 bridgehead atoms. The maximum Gasteiger partial charge on any atom is 0.224 e. The predicted molar refractivity (Wildman–Crippen MR) is 118 cm³/mol. The lowest BCUT2D eigenvalue weighted by Gasteiger charge is -2.19. The van der Waals surface area contributed by atoms with Crippen molar-refractivity contribution < 1.29 is 4.79 Å². The number of rotatable bonds is 6. The minimum Gasteiger partial charge on any atom is -0.341 e. The third-order valence-corrected chi connectivity index (χ3v) is 5.27. The number of hydrogen-bond donors (Lipinski definition) is 1. The number of halogens is 1. The highest BCUT2D eigenvalue weighted by molar-refractivity contribution is 5.85. The van der Waals surface area contributed by atoms with Crippen LogP contribution in [0.5, 0.6) is 0 Å². The lowest BCUT2D eigenvalue weighted by atomic mass is 10.1. The average molecular weight is 411 g/mol. The Balaban J connectivity index is 0.00000240. The molecule has 152 valence electrons. The van der Waals surface area contributed by atoms with Crippen molar-refractivity contribution in [1.82, 2.24) is 20.0 Å². The summed E-state index contributed by atoms with van der Waals surface area (Å²) in [6, 6.07) is 20.5. The van der Waals surface area contributed by atoms with E-state index in [0.717, 1.165) is 41.9 Å². The molecule has 1 unspecified atom stereocenters. The molecule has 3 aromatic rings. The molecule has 1 N–H and O–H groups in total. The molecule has 0 saturated carbocycles. The smallest absolute Gasteiger partial charge is 0.224 e. The third-order valence-electron chi connectivity index (χ3n) is 5.27. The maximum atomic E-state index is 12.7. The van der Waals surface area contributed by atoms with Crippen LogP contribution in [0.15, 0.2) is 66.9 Å². The number of carbonyl (C=O) groups is 1. The third kappa shape index (κ3) is 5.05. The van der Waals surface area contributed by atoms with E-state index in [2.05, 4.69) is 17.4 Å². The van der Waals surface area contributed by atoms with E-state index in [9.17, 15) is 4.79 Å². The molecule has 0 spiro atoms. The Morgan fingerprint density at radius 3 is 2.48 bits per heavy atom. The van der Waals surface area contributed by atoms with Crippen LogP contribution in [0.3, 0.4) is 0 Å². The number of aromatic nitrogens is 2. The van der Waals surface area contributed by atoms with Gasteiger partial charge in [0.25, 0.3) is 0 Å². The fourth-order valence-corrected chi connectivity index (χ4v) is 3.72. The van der Waals surface area contributed by atoms with Crippen LogP contribution in [-0.4, -0.2) is 40.2 Å². The topological polar surface area (TPSA) is 50.2 Å². The van der Waals surface area contributed by atoms with Gasteiger partial charge in [0.1, 0.15) is 0 Å². The van der Waals surface area contributed by atoms with Gasteiger partial charge in [0, 0.05) is 43.4 Å². The van der Waals surface area contributed by atoms with Crippen molar-refractivity contribution in [3.8, 4) is 16.9 Å². The van der Waals surface area contributed by atoms with E-state index in [0.29, 0.717) is 19.0 Å². The first-order valence-electron chi connectivity index (χ1n) is 9.87. The van der Waals surface area contributed by atoms with Crippen molar-refractivity contribution in [3.05, 3.63) is 72.4 Å². The minimum absolute atomic E-state index is 0. The highest BCUT2D eigenvalue weighted by atomic mass is 35.5. The summed E-state index contributed by atoms with van der Waals surface area (Å²) in [5.74, 6) is 0.172. The fourth-order valence-electron chi connectivity index (χ4n) is 3.72. The van der Waals surface area contributed by atoms with E-state index >= 15 is 0 Å². The number of amides is 1. The summed E-state index contributed by atoms with van der Waals surface area (Å²) in [5, 5.41) is 8.24. The lowest BCUT2D eigenvalue weighted by molar-refractivity contribution is -0.130. The molecular weight excluding hydrogens is 384 g/mol. The zero-order valence-corrected chi connectivity index (χ0v) is 17.4. The number of benzene rings is 2. The monoisotopic (exact) mass is 410 g/mol. The first kappa shape index (κ1) is 21.1. The first-order chi connectivity index (χ1) is 13.7. The van der Waals surface area contributed by atoms with Crippen molar-refractivity contribution in [2.75, 3.05) is 13.6 Å². The molecular formula is C23H27ClN4O. The normalized spacial score (nSPS) is 15.7. The van der Waals surface area contributed by atoms with Crippen molar-refractivity contribution in [2.24, 2.45) is 0 Å². The second-order valence-electron chi connectivity index (χ2n) is 7.40. The molecule has 0 aliphatic carbocycles. The number of carbonyl (C=O) groups excluding carboxylic acids is 1. The first-order valence-corrected chi connectivity index (χ1v) is 9.87. The molecule has 1 amide bonds. The Kier molecular flexibility index (Phi) is 7.07. The van der Waals surface area contributed by atoms with Crippen LogP contribution in [0.1, 0.15) is 24.8 Å². The average Bonchev–Trinajstić information content (AvgIpc) is 3.39. The summed E-state index contributed by atoms with van der Waals surface area (Å²) in [6.07, 6.45) is 4.84. The van der Waals surface area contributed by atoms with Gasteiger partial charge in [-0.15, -0.1) is 12.4 Å². The van der Waals surface area contributed by atoms with Gasteiger partial charge in [-0.2, -0.15) is 5.10 Å². The van der Waals surface area contributed by atoms with Gasteiger partial charge in [-0.3, -0.25) is 4.79 Å². The number of hydrogen-bond acceptors (Lipinski definition) is 3. The van der Waals surface area contributed by atoms with Gasteiger partial charge in [0.15, 0.2) is 0 Å². The summed E-state index contributed by atoms with van der Waals surface area (Å²) in [6.45, 7) is 1.56. The Bertz CT molecular complexity index is 921. The van der Waals surface area contributed by atoms with Gasteiger partial charge in [-0.1, -0.05) is 48.5 Å². The van der Waals surface area contributed by atoms with Gasteiger partial charge in [-0.05, 0) is 31.5 Å². The zero-order valence-electron chi connectivity index (χ0n) is 16.6. The highest BCUT2D eigenvalue weighted by Crippen LogP contribution is 2.25. The molecule has 2 aromatic carbocycles. The van der Waals surface area contributed by atoms with Crippen LogP contribution in [0.25, 0.3) is 16.9 Å². The fraction of sp³-hybridized carbons (Fsp3) is 0.304. The van der Waals surface area contributed by atoms with Gasteiger partial charge in [-0.25, -0.2) is 4.68 Å². The summed E-state index contributed by atoms with van der Waals surface area (Å²) < 4.78 is 1.90. The second kappa shape index (κ2) is 9.72. The summed E-state index contributed by atoms with van der Waals surface area (Å²) >= 11 is 0. The summed E-state index contributed by atoms with van der Waals surface area (Å²) in [7, 11) is 1.88. The van der Waals surface area contributed by atoms with Gasteiger partial charge < -0.3 is 10.2 Å². The van der Waals surface area contributed by atoms with Crippen molar-refractivity contribution in [2.45, 2.75) is 31.8 Å². The molecule has 1 aromatic heterocycles. The maximum absolute atomic E-state index is 12.7. The largest absolute Gasteiger partial charge is 0.341 e. The second-order valence-corrected chi connectivity index (χ2v) is 7.40. The molecule has 4 rings (SSSR count). The van der Waals surface area contributed by atoms with Gasteiger partial charge in [0.2, 0.25) is 5.91 Å². The molecule has 1 fully saturated rings. The molecule has 5 nitrogen and oxygen atoms in total. The Labute approximate surface area is 178 Å². The Morgan fingerprint density at radius 1 is 1.14 bits per heavy atom. The minimum atomic E-state index is 0. The Hall–Kier alpha value is -2.63. The zero-order chi connectivity index (χ0) is 19.3. The summed E-state index contributed by atoms with van der Waals surface area (Å²) in [5.41, 5.74) is 4.04. The van der Waals surface area contributed by atoms with E-state index < -0.39 is 0 Å². The SMILES string of the molecule is CN(Cc1cn(-c2ccccc2)nc1-c1ccccc1)C(=O)CC1CCCN1.Cl. The number of para-hydroxylation sites is 1. The standard InChI is InChI=1S/C23H26N4O.ClH/c1-26(22(28)15-20-11-8-14-24-20)16-19-17-27(21-12-6-3-7-13-21)25-23(19)18-9-4-2-5-10-18;/h2-7,9-10,12-13,17,20,24H,8,11,14-16H2,1H3;1H. The van der Waals surface area contributed by atoms with Crippen LogP contribution in [0.4, 0.5) is 0 Å². The molecule has 0 radical (unpaired) electrons. The van der Waals surface area contributed by atoms with Crippen LogP contribution >= 0.6 is 12.4 Å². The molecule has 1 aliphatic rings. The number of nitrogens with zero attached hydrogens (tertiary/aromatic N) is 3. The number of nitrogens with one attached hydrogen (secondary N) is 1. The van der Waals surface area contributed by atoms with Crippen molar-refractivity contribution in [3.63, 3.8) is 0 Å². The van der Waals surface area contributed by atoms with Crippen LogP contribution in [0.2, 0.25) is 0 Å². The van der Waals surface area contributed by atoms with E-state index in [-0.39, 0.29) is 18.3 Å². The van der Waals surface area contributed by atoms with E-state index in [4.69, 9.17) is 5.10 Å². The molecule has 2 heterocycles. The van der Waals surface area contributed by atoms with Crippen LogP contribution in [-0.2, 0) is 11.3 Å². The predicted octanol–water partition coefficient (Wildman–Crippen LogP) is 4.06. The van der Waals surface area contributed by atoms with E-state index in [1.54, 1.807) is 0 Å². The molecule has 1 saturated heterocycles. The quantitative estimate of drug-likeness (QED) is 0.666. The van der Waals surface area contributed by atoms with Crippen LogP contribution < -0.4 is 5.32 Å². The van der Waals surface area contributed by atoms with E-state index in [1.165, 1.54) is 0 Å². The lowest BCUT2D eigenvalue weighted by Crippen LogP contribution is -2.33. The molecule has 6 heteroatoms. The van der Waals surface area contributed by atoms with Gasteiger partial charge in [0.05, 0.1) is 11.4 Å². The van der Waals surface area contributed by atoms with Gasteiger partial charge >= 0.3 is 0 Å². The summed E-state index contributed by atoms with van der Waals surface area (Å²) in [4.78, 5) is 14.5. The molecule has 1 aliphatic heterocycles. The van der Waals surface area contributed by atoms with Crippen molar-refractivity contribution in [1.29, 1.82) is 0 Å². The molecule has 29 heavy (non-hydrogen) atoms.